The van der Waals surface area contributed by atoms with E-state index in [4.69, 9.17) is 4.74 Å². The van der Waals surface area contributed by atoms with Crippen molar-refractivity contribution >= 4 is 21.6 Å². The first-order chi connectivity index (χ1) is 17.3. The summed E-state index contributed by atoms with van der Waals surface area (Å²) in [6.07, 6.45) is 0. The topological polar surface area (TPSA) is 75.7 Å². The maximum Gasteiger partial charge on any atom is 0.264 e. The molecule has 0 radical (unpaired) electrons. The highest BCUT2D eigenvalue weighted by molar-refractivity contribution is 7.92. The Morgan fingerprint density at radius 1 is 0.865 bits per heavy atom. The van der Waals surface area contributed by atoms with Crippen LogP contribution in [0.2, 0.25) is 0 Å². The first-order valence-electron chi connectivity index (χ1n) is 12.5. The van der Waals surface area contributed by atoms with Crippen molar-refractivity contribution in [3.63, 3.8) is 0 Å². The quantitative estimate of drug-likeness (QED) is 0.367. The zero-order valence-corrected chi connectivity index (χ0v) is 23.9. The number of benzene rings is 3. The van der Waals surface area contributed by atoms with Crippen LogP contribution in [0.25, 0.3) is 0 Å². The minimum absolute atomic E-state index is 0.144. The minimum atomic E-state index is -3.98. The number of anilines is 1. The number of ether oxygens (including phenoxy) is 1. The van der Waals surface area contributed by atoms with Gasteiger partial charge in [0, 0.05) is 0 Å². The summed E-state index contributed by atoms with van der Waals surface area (Å²) >= 11 is 0. The van der Waals surface area contributed by atoms with Gasteiger partial charge in [-0.15, -0.1) is 0 Å². The van der Waals surface area contributed by atoms with Crippen molar-refractivity contribution in [1.82, 2.24) is 5.32 Å². The fraction of sp³-hybridized carbons (Fsp3) is 0.367. The number of aryl methyl sites for hydroxylation is 4. The third-order valence-corrected chi connectivity index (χ3v) is 8.26. The van der Waals surface area contributed by atoms with E-state index in [-0.39, 0.29) is 29.3 Å². The zero-order chi connectivity index (χ0) is 27.5. The molecule has 0 fully saturated rings. The van der Waals surface area contributed by atoms with E-state index in [0.29, 0.717) is 5.69 Å². The van der Waals surface area contributed by atoms with Crippen molar-refractivity contribution in [3.05, 3.63) is 88.0 Å². The summed E-state index contributed by atoms with van der Waals surface area (Å²) < 4.78 is 34.2. The highest BCUT2D eigenvalue weighted by atomic mass is 32.2. The summed E-state index contributed by atoms with van der Waals surface area (Å²) in [6, 6.07) is 16.0. The normalized spacial score (nSPS) is 12.4. The standard InChI is InChI=1S/C30H38N2O4S/c1-19(2)27-17-28(23(6)16-29(27)36-8)24(7)31-30(33)18-32(25-14-21(4)13-22(5)15-25)37(34,35)26-11-9-20(3)10-12-26/h9-17,19,24H,18H2,1-8H3,(H,31,33)/t24-/m0/s1. The molecule has 0 bridgehead atoms. The number of carbonyl (C=O) groups excluding carboxylic acids is 1. The Balaban J connectivity index is 1.95. The molecule has 37 heavy (non-hydrogen) atoms. The number of nitrogens with one attached hydrogen (secondary N) is 1. The lowest BCUT2D eigenvalue weighted by Crippen LogP contribution is -2.41. The average molecular weight is 523 g/mol. The van der Waals surface area contributed by atoms with E-state index in [9.17, 15) is 13.2 Å². The van der Waals surface area contributed by atoms with E-state index >= 15 is 0 Å². The molecule has 0 aliphatic carbocycles. The van der Waals surface area contributed by atoms with Crippen molar-refractivity contribution in [1.29, 1.82) is 0 Å². The molecule has 0 spiro atoms. The molecule has 7 heteroatoms. The van der Waals surface area contributed by atoms with Crippen LogP contribution in [0.1, 0.15) is 66.1 Å². The first kappa shape index (κ1) is 28.3. The van der Waals surface area contributed by atoms with Gasteiger partial charge in [-0.3, -0.25) is 9.10 Å². The predicted octanol–water partition coefficient (Wildman–Crippen LogP) is 6.12. The van der Waals surface area contributed by atoms with Crippen molar-refractivity contribution in [2.24, 2.45) is 0 Å². The number of rotatable bonds is 9. The first-order valence-corrected chi connectivity index (χ1v) is 13.9. The molecule has 0 unspecified atom stereocenters. The van der Waals surface area contributed by atoms with Crippen molar-refractivity contribution < 1.29 is 17.9 Å². The fourth-order valence-corrected chi connectivity index (χ4v) is 5.96. The summed E-state index contributed by atoms with van der Waals surface area (Å²) in [5, 5.41) is 3.02. The number of hydrogen-bond acceptors (Lipinski definition) is 4. The van der Waals surface area contributed by atoms with E-state index in [1.165, 1.54) is 4.31 Å². The maximum atomic E-state index is 13.7. The molecule has 0 aliphatic heterocycles. The van der Waals surface area contributed by atoms with E-state index in [0.717, 1.165) is 39.1 Å². The lowest BCUT2D eigenvalue weighted by atomic mass is 9.93. The molecule has 3 aromatic carbocycles. The van der Waals surface area contributed by atoms with Crippen LogP contribution < -0.4 is 14.4 Å². The van der Waals surface area contributed by atoms with Crippen molar-refractivity contribution in [2.75, 3.05) is 18.0 Å². The molecular weight excluding hydrogens is 484 g/mol. The number of amides is 1. The van der Waals surface area contributed by atoms with E-state index in [2.05, 4.69) is 25.2 Å². The van der Waals surface area contributed by atoms with Crippen molar-refractivity contribution in [2.45, 2.75) is 65.3 Å². The molecular formula is C30H38N2O4S. The summed E-state index contributed by atoms with van der Waals surface area (Å²) in [7, 11) is -2.32. The van der Waals surface area contributed by atoms with Gasteiger partial charge in [-0.1, -0.05) is 37.6 Å². The smallest absolute Gasteiger partial charge is 0.264 e. The molecule has 0 saturated carbocycles. The van der Waals surface area contributed by atoms with E-state index in [1.807, 2.05) is 46.8 Å². The second-order valence-electron chi connectivity index (χ2n) is 10.1. The molecule has 0 saturated heterocycles. The van der Waals surface area contributed by atoms with Crippen LogP contribution in [-0.2, 0) is 14.8 Å². The summed E-state index contributed by atoms with van der Waals surface area (Å²) in [4.78, 5) is 13.5. The summed E-state index contributed by atoms with van der Waals surface area (Å²) in [5.41, 5.74) is 6.28. The maximum absolute atomic E-state index is 13.7. The number of hydrogen-bond donors (Lipinski definition) is 1. The van der Waals surface area contributed by atoms with Crippen LogP contribution in [0.15, 0.2) is 59.5 Å². The largest absolute Gasteiger partial charge is 0.496 e. The van der Waals surface area contributed by atoms with Gasteiger partial charge in [0.05, 0.1) is 23.7 Å². The Labute approximate surface area is 221 Å². The molecule has 198 valence electrons. The molecule has 1 atom stereocenters. The van der Waals surface area contributed by atoms with Crippen LogP contribution in [0.5, 0.6) is 5.75 Å². The van der Waals surface area contributed by atoms with Crippen LogP contribution in [0, 0.1) is 27.7 Å². The van der Waals surface area contributed by atoms with Gasteiger partial charge in [0.15, 0.2) is 0 Å². The molecule has 0 heterocycles. The molecule has 6 nitrogen and oxygen atoms in total. The van der Waals surface area contributed by atoms with Gasteiger partial charge >= 0.3 is 0 Å². The Bertz CT molecular complexity index is 1360. The SMILES string of the molecule is COc1cc(C)c([C@H](C)NC(=O)CN(c2cc(C)cc(C)c2)S(=O)(=O)c2ccc(C)cc2)cc1C(C)C. The van der Waals surface area contributed by atoms with Gasteiger partial charge in [0.2, 0.25) is 5.91 Å². The summed E-state index contributed by atoms with van der Waals surface area (Å²) in [5.74, 6) is 0.681. The average Bonchev–Trinajstić information content (AvgIpc) is 2.81. The van der Waals surface area contributed by atoms with Crippen LogP contribution in [-0.4, -0.2) is 28.0 Å². The van der Waals surface area contributed by atoms with Crippen LogP contribution >= 0.6 is 0 Å². The Morgan fingerprint density at radius 3 is 2.00 bits per heavy atom. The van der Waals surface area contributed by atoms with Gasteiger partial charge in [-0.05, 0) is 105 Å². The predicted molar refractivity (Wildman–Crippen MR) is 150 cm³/mol. The highest BCUT2D eigenvalue weighted by Gasteiger charge is 2.28. The van der Waals surface area contributed by atoms with Crippen molar-refractivity contribution in [3.8, 4) is 5.75 Å². The minimum Gasteiger partial charge on any atom is -0.496 e. The lowest BCUT2D eigenvalue weighted by molar-refractivity contribution is -0.120. The monoisotopic (exact) mass is 522 g/mol. The molecule has 0 aliphatic rings. The van der Waals surface area contributed by atoms with E-state index in [1.54, 1.807) is 43.5 Å². The van der Waals surface area contributed by atoms with E-state index < -0.39 is 10.0 Å². The molecule has 0 aromatic heterocycles. The molecule has 1 N–H and O–H groups in total. The summed E-state index contributed by atoms with van der Waals surface area (Å²) in [6.45, 7) is 13.5. The van der Waals surface area contributed by atoms with Gasteiger partial charge in [-0.25, -0.2) is 8.42 Å². The molecule has 3 aromatic rings. The number of nitrogens with zero attached hydrogens (tertiary/aromatic N) is 1. The molecule has 1 amide bonds. The zero-order valence-electron chi connectivity index (χ0n) is 23.0. The number of sulfonamides is 1. The lowest BCUT2D eigenvalue weighted by Gasteiger charge is -2.26. The second-order valence-corrected chi connectivity index (χ2v) is 11.9. The third kappa shape index (κ3) is 6.52. The van der Waals surface area contributed by atoms with Gasteiger partial charge in [0.1, 0.15) is 12.3 Å². The fourth-order valence-electron chi connectivity index (χ4n) is 4.55. The Morgan fingerprint density at radius 2 is 1.46 bits per heavy atom. The molecule has 3 rings (SSSR count). The Kier molecular flexibility index (Phi) is 8.69. The van der Waals surface area contributed by atoms with Crippen LogP contribution in [0.3, 0.4) is 0 Å². The number of carbonyl (C=O) groups is 1. The third-order valence-electron chi connectivity index (χ3n) is 6.48. The Hall–Kier alpha value is -3.32. The van der Waals surface area contributed by atoms with Gasteiger partial charge < -0.3 is 10.1 Å². The van der Waals surface area contributed by atoms with Gasteiger partial charge in [0.25, 0.3) is 10.0 Å². The highest BCUT2D eigenvalue weighted by Crippen LogP contribution is 2.32. The second kappa shape index (κ2) is 11.4. The van der Waals surface area contributed by atoms with Gasteiger partial charge in [-0.2, -0.15) is 0 Å². The number of methoxy groups -OCH3 is 1. The van der Waals surface area contributed by atoms with Crippen LogP contribution in [0.4, 0.5) is 5.69 Å².